The molecule has 1 aromatic rings. The first-order chi connectivity index (χ1) is 8.46. The number of sulfonamides is 1. The Morgan fingerprint density at radius 1 is 1.39 bits per heavy atom. The van der Waals surface area contributed by atoms with Crippen molar-refractivity contribution in [2.75, 3.05) is 12.4 Å². The number of hydrogen-bond acceptors (Lipinski definition) is 2. The Morgan fingerprint density at radius 3 is 2.61 bits per heavy atom. The molecule has 7 heteroatoms. The number of rotatable bonds is 5. The van der Waals surface area contributed by atoms with E-state index in [2.05, 4.69) is 0 Å². The van der Waals surface area contributed by atoms with Crippen molar-refractivity contribution in [2.24, 2.45) is 0 Å². The number of benzene rings is 1. The molecule has 18 heavy (non-hydrogen) atoms. The van der Waals surface area contributed by atoms with Crippen molar-refractivity contribution in [2.45, 2.75) is 23.8 Å². The SMILES string of the molecule is O=S(=O)(c1cc(F)ccc1Cl)N(CCCl)C1CC1. The number of hydrogen-bond donors (Lipinski definition) is 0. The Bertz CT molecular complexity index is 546. The highest BCUT2D eigenvalue weighted by Gasteiger charge is 2.38. The van der Waals surface area contributed by atoms with Crippen molar-refractivity contribution >= 4 is 33.2 Å². The molecule has 1 aliphatic rings. The Balaban J connectivity index is 2.42. The molecule has 0 N–H and O–H groups in total. The van der Waals surface area contributed by atoms with Gasteiger partial charge in [0.05, 0.1) is 5.02 Å². The van der Waals surface area contributed by atoms with Gasteiger partial charge < -0.3 is 0 Å². The smallest absolute Gasteiger partial charge is 0.207 e. The molecule has 1 aliphatic carbocycles. The molecule has 1 aromatic carbocycles. The largest absolute Gasteiger partial charge is 0.244 e. The maximum absolute atomic E-state index is 13.2. The van der Waals surface area contributed by atoms with Crippen LogP contribution < -0.4 is 0 Å². The zero-order valence-corrected chi connectivity index (χ0v) is 11.8. The molecule has 100 valence electrons. The van der Waals surface area contributed by atoms with Crippen molar-refractivity contribution in [3.8, 4) is 0 Å². The third-order valence-corrected chi connectivity index (χ3v) is 5.34. The van der Waals surface area contributed by atoms with E-state index in [1.165, 1.54) is 10.4 Å². The average Bonchev–Trinajstić information content (AvgIpc) is 3.13. The van der Waals surface area contributed by atoms with Crippen molar-refractivity contribution in [1.29, 1.82) is 0 Å². The maximum Gasteiger partial charge on any atom is 0.244 e. The van der Waals surface area contributed by atoms with Gasteiger partial charge in [-0.1, -0.05) is 11.6 Å². The molecule has 0 aromatic heterocycles. The molecule has 0 heterocycles. The molecule has 0 saturated heterocycles. The second kappa shape index (κ2) is 5.33. The minimum Gasteiger partial charge on any atom is -0.207 e. The molecule has 0 unspecified atom stereocenters. The van der Waals surface area contributed by atoms with Crippen LogP contribution in [0.5, 0.6) is 0 Å². The third-order valence-electron chi connectivity index (χ3n) is 2.74. The number of alkyl halides is 1. The molecule has 0 bridgehead atoms. The molecule has 0 atom stereocenters. The maximum atomic E-state index is 13.2. The predicted octanol–water partition coefficient (Wildman–Crippen LogP) is 2.87. The summed E-state index contributed by atoms with van der Waals surface area (Å²) < 4.78 is 39.3. The highest BCUT2D eigenvalue weighted by atomic mass is 35.5. The molecular formula is C11H12Cl2FNO2S. The van der Waals surface area contributed by atoms with Crippen molar-refractivity contribution in [3.05, 3.63) is 29.0 Å². The Kier molecular flexibility index (Phi) is 4.16. The molecule has 1 saturated carbocycles. The summed E-state index contributed by atoms with van der Waals surface area (Å²) in [5, 5.41) is 0.0247. The lowest BCUT2D eigenvalue weighted by molar-refractivity contribution is 0.422. The summed E-state index contributed by atoms with van der Waals surface area (Å²) in [6.07, 6.45) is 1.62. The minimum absolute atomic E-state index is 0.0247. The zero-order chi connectivity index (χ0) is 13.3. The Hall–Kier alpha value is -0.360. The second-order valence-corrected chi connectivity index (χ2v) is 6.75. The summed E-state index contributed by atoms with van der Waals surface area (Å²) in [5.41, 5.74) is 0. The van der Waals surface area contributed by atoms with Gasteiger partial charge >= 0.3 is 0 Å². The quantitative estimate of drug-likeness (QED) is 0.784. The Morgan fingerprint density at radius 2 is 2.06 bits per heavy atom. The summed E-state index contributed by atoms with van der Waals surface area (Å²) in [6.45, 7) is 0.210. The second-order valence-electron chi connectivity index (χ2n) is 4.11. The van der Waals surface area contributed by atoms with Gasteiger partial charge in [-0.3, -0.25) is 0 Å². The van der Waals surface area contributed by atoms with Crippen LogP contribution in [0, 0.1) is 5.82 Å². The van der Waals surface area contributed by atoms with Gasteiger partial charge in [-0.25, -0.2) is 12.8 Å². The lowest BCUT2D eigenvalue weighted by Crippen LogP contribution is -2.35. The molecular weight excluding hydrogens is 300 g/mol. The molecule has 3 nitrogen and oxygen atoms in total. The normalized spacial score (nSPS) is 16.2. The summed E-state index contributed by atoms with van der Waals surface area (Å²) in [6, 6.07) is 3.29. The van der Waals surface area contributed by atoms with Crippen molar-refractivity contribution in [1.82, 2.24) is 4.31 Å². The van der Waals surface area contributed by atoms with Crippen molar-refractivity contribution < 1.29 is 12.8 Å². The van der Waals surface area contributed by atoms with Gasteiger partial charge in [0.15, 0.2) is 0 Å². The topological polar surface area (TPSA) is 37.4 Å². The highest BCUT2D eigenvalue weighted by molar-refractivity contribution is 7.89. The average molecular weight is 312 g/mol. The van der Waals surface area contributed by atoms with Crippen molar-refractivity contribution in [3.63, 3.8) is 0 Å². The van der Waals surface area contributed by atoms with E-state index in [0.29, 0.717) is 0 Å². The van der Waals surface area contributed by atoms with Crippen LogP contribution in [0.25, 0.3) is 0 Å². The molecule has 0 aliphatic heterocycles. The molecule has 0 amide bonds. The monoisotopic (exact) mass is 311 g/mol. The van der Waals surface area contributed by atoms with Gasteiger partial charge in [0, 0.05) is 18.5 Å². The first-order valence-corrected chi connectivity index (χ1v) is 7.85. The van der Waals surface area contributed by atoms with E-state index in [4.69, 9.17) is 23.2 Å². The fourth-order valence-electron chi connectivity index (χ4n) is 1.75. The number of nitrogens with zero attached hydrogens (tertiary/aromatic N) is 1. The van der Waals surface area contributed by atoms with Gasteiger partial charge in [-0.15, -0.1) is 11.6 Å². The van der Waals surface area contributed by atoms with Gasteiger partial charge in [0.1, 0.15) is 10.7 Å². The van der Waals surface area contributed by atoms with E-state index in [1.807, 2.05) is 0 Å². The van der Waals surface area contributed by atoms with Crippen LogP contribution in [-0.2, 0) is 10.0 Å². The summed E-state index contributed by atoms with van der Waals surface area (Å²) in [7, 11) is -3.78. The predicted molar refractivity (Wildman–Crippen MR) is 69.0 cm³/mol. The van der Waals surface area contributed by atoms with Gasteiger partial charge in [0.2, 0.25) is 10.0 Å². The van der Waals surface area contributed by atoms with E-state index >= 15 is 0 Å². The molecule has 0 spiro atoms. The molecule has 2 rings (SSSR count). The fraction of sp³-hybridized carbons (Fsp3) is 0.455. The van der Waals surface area contributed by atoms with Crippen LogP contribution in [-0.4, -0.2) is 31.2 Å². The van der Waals surface area contributed by atoms with Gasteiger partial charge in [0.25, 0.3) is 0 Å². The minimum atomic E-state index is -3.78. The van der Waals surface area contributed by atoms with Crippen LogP contribution >= 0.6 is 23.2 Å². The van der Waals surface area contributed by atoms with Gasteiger partial charge in [-0.2, -0.15) is 4.31 Å². The van der Waals surface area contributed by atoms with Crippen LogP contribution in [0.1, 0.15) is 12.8 Å². The summed E-state index contributed by atoms with van der Waals surface area (Å²) in [4.78, 5) is -0.193. The van der Waals surface area contributed by atoms with E-state index < -0.39 is 15.8 Å². The third kappa shape index (κ3) is 2.79. The molecule has 0 radical (unpaired) electrons. The van der Waals surface area contributed by atoms with E-state index in [9.17, 15) is 12.8 Å². The number of halogens is 3. The first kappa shape index (κ1) is 14.1. The lowest BCUT2D eigenvalue weighted by atomic mass is 10.3. The summed E-state index contributed by atoms with van der Waals surface area (Å²) >= 11 is 11.5. The zero-order valence-electron chi connectivity index (χ0n) is 9.44. The lowest BCUT2D eigenvalue weighted by Gasteiger charge is -2.21. The van der Waals surface area contributed by atoms with Crippen LogP contribution in [0.15, 0.2) is 23.1 Å². The highest BCUT2D eigenvalue weighted by Crippen LogP contribution is 2.34. The van der Waals surface area contributed by atoms with Crippen LogP contribution in [0.2, 0.25) is 5.02 Å². The Labute approximate surface area is 116 Å². The van der Waals surface area contributed by atoms with Crippen LogP contribution in [0.4, 0.5) is 4.39 Å². The molecule has 1 fully saturated rings. The summed E-state index contributed by atoms with van der Waals surface area (Å²) in [5.74, 6) is -0.428. The van der Waals surface area contributed by atoms with E-state index in [1.54, 1.807) is 0 Å². The van der Waals surface area contributed by atoms with E-state index in [-0.39, 0.29) is 28.4 Å². The van der Waals surface area contributed by atoms with Gasteiger partial charge in [-0.05, 0) is 31.0 Å². The first-order valence-electron chi connectivity index (χ1n) is 5.49. The van der Waals surface area contributed by atoms with E-state index in [0.717, 1.165) is 25.0 Å². The van der Waals surface area contributed by atoms with Crippen LogP contribution in [0.3, 0.4) is 0 Å². The fourth-order valence-corrected chi connectivity index (χ4v) is 4.20. The standard InChI is InChI=1S/C11H12Cl2FNO2S/c12-5-6-15(9-2-3-9)18(16,17)11-7-8(14)1-4-10(11)13/h1,4,7,9H,2-3,5-6H2.